The van der Waals surface area contributed by atoms with Gasteiger partial charge in [0, 0.05) is 6.20 Å². The Balaban J connectivity index is 1.80. The number of hydrogen-bond acceptors (Lipinski definition) is 4. The van der Waals surface area contributed by atoms with Gasteiger partial charge in [0.1, 0.15) is 5.82 Å². The van der Waals surface area contributed by atoms with Crippen molar-refractivity contribution in [3.63, 3.8) is 0 Å². The van der Waals surface area contributed by atoms with Crippen LogP contribution in [0, 0.1) is 5.92 Å². The predicted octanol–water partition coefficient (Wildman–Crippen LogP) is 2.96. The summed E-state index contributed by atoms with van der Waals surface area (Å²) in [5, 5.41) is 3.05. The number of anilines is 1. The smallest absolute Gasteiger partial charge is 0.307 e. The minimum Gasteiger partial charge on any atom is -0.453 e. The van der Waals surface area contributed by atoms with Crippen LogP contribution in [0.3, 0.4) is 0 Å². The lowest BCUT2D eigenvalue weighted by molar-refractivity contribution is -0.153. The van der Waals surface area contributed by atoms with E-state index in [-0.39, 0.29) is 11.9 Å². The van der Waals surface area contributed by atoms with Gasteiger partial charge in [0.25, 0.3) is 5.91 Å². The molecule has 5 nitrogen and oxygen atoms in total. The van der Waals surface area contributed by atoms with Crippen LogP contribution in [-0.2, 0) is 14.3 Å². The number of allylic oxidation sites excluding steroid dienone is 2. The van der Waals surface area contributed by atoms with Crippen LogP contribution in [0.25, 0.3) is 0 Å². The summed E-state index contributed by atoms with van der Waals surface area (Å²) < 4.78 is 5.13. The largest absolute Gasteiger partial charge is 0.453 e. The molecule has 1 aliphatic rings. The zero-order chi connectivity index (χ0) is 15.2. The van der Waals surface area contributed by atoms with Crippen LogP contribution in [0.2, 0.25) is 5.02 Å². The monoisotopic (exact) mass is 308 g/mol. The Kier molecular flexibility index (Phi) is 5.33. The lowest BCUT2D eigenvalue weighted by Crippen LogP contribution is -2.30. The number of ether oxygens (including phenoxy) is 1. The van der Waals surface area contributed by atoms with Gasteiger partial charge < -0.3 is 10.1 Å². The van der Waals surface area contributed by atoms with Gasteiger partial charge in [-0.05, 0) is 37.8 Å². The Labute approximate surface area is 128 Å². The average molecular weight is 309 g/mol. The van der Waals surface area contributed by atoms with E-state index in [1.165, 1.54) is 13.1 Å². The van der Waals surface area contributed by atoms with Gasteiger partial charge >= 0.3 is 5.97 Å². The maximum atomic E-state index is 11.9. The third-order valence-electron chi connectivity index (χ3n) is 3.20. The van der Waals surface area contributed by atoms with Gasteiger partial charge in [0.15, 0.2) is 6.10 Å². The molecule has 1 N–H and O–H groups in total. The van der Waals surface area contributed by atoms with Gasteiger partial charge in [-0.3, -0.25) is 9.59 Å². The number of pyridine rings is 1. The molecule has 0 aliphatic heterocycles. The minimum absolute atomic E-state index is 0.227. The first kappa shape index (κ1) is 15.5. The van der Waals surface area contributed by atoms with Gasteiger partial charge in [-0.15, -0.1) is 0 Å². The molecule has 1 aromatic heterocycles. The molecule has 2 rings (SSSR count). The molecule has 0 aromatic carbocycles. The van der Waals surface area contributed by atoms with Crippen LogP contribution in [0.5, 0.6) is 0 Å². The molecule has 2 atom stereocenters. The predicted molar refractivity (Wildman–Crippen MR) is 79.9 cm³/mol. The van der Waals surface area contributed by atoms with Crippen LogP contribution < -0.4 is 5.32 Å². The van der Waals surface area contributed by atoms with Crippen molar-refractivity contribution >= 4 is 29.3 Å². The maximum Gasteiger partial charge on any atom is 0.307 e. The molecular formula is C15H17ClN2O3. The van der Waals surface area contributed by atoms with Crippen molar-refractivity contribution in [3.05, 3.63) is 35.5 Å². The van der Waals surface area contributed by atoms with E-state index < -0.39 is 12.0 Å². The van der Waals surface area contributed by atoms with Gasteiger partial charge in [-0.2, -0.15) is 0 Å². The van der Waals surface area contributed by atoms with E-state index in [0.29, 0.717) is 17.3 Å². The first-order valence-corrected chi connectivity index (χ1v) is 7.21. The van der Waals surface area contributed by atoms with Crippen molar-refractivity contribution in [2.75, 3.05) is 5.32 Å². The molecular weight excluding hydrogens is 292 g/mol. The molecule has 1 amide bonds. The second-order valence-electron chi connectivity index (χ2n) is 4.95. The summed E-state index contributed by atoms with van der Waals surface area (Å²) in [4.78, 5) is 27.6. The number of carbonyl (C=O) groups is 2. The molecule has 1 aliphatic carbocycles. The number of nitrogens with zero attached hydrogens (tertiary/aromatic N) is 1. The number of halogens is 1. The number of hydrogen-bond donors (Lipinski definition) is 1. The third-order valence-corrected chi connectivity index (χ3v) is 3.42. The SMILES string of the molecule is C[C@H](OC(=O)C[C@@H]1C=CCC1)C(=O)Nc1ccc(Cl)cn1. The Morgan fingerprint density at radius 3 is 2.95 bits per heavy atom. The zero-order valence-electron chi connectivity index (χ0n) is 11.7. The molecule has 21 heavy (non-hydrogen) atoms. The van der Waals surface area contributed by atoms with Gasteiger partial charge in [0.2, 0.25) is 0 Å². The third kappa shape index (κ3) is 4.86. The Morgan fingerprint density at radius 1 is 1.52 bits per heavy atom. The Morgan fingerprint density at radius 2 is 2.33 bits per heavy atom. The molecule has 6 heteroatoms. The van der Waals surface area contributed by atoms with Crippen molar-refractivity contribution in [1.29, 1.82) is 0 Å². The second-order valence-corrected chi connectivity index (χ2v) is 5.39. The van der Waals surface area contributed by atoms with Crippen molar-refractivity contribution in [3.8, 4) is 0 Å². The molecule has 0 saturated heterocycles. The molecule has 0 bridgehead atoms. The summed E-state index contributed by atoms with van der Waals surface area (Å²) in [5.41, 5.74) is 0. The average Bonchev–Trinajstić information content (AvgIpc) is 2.94. The lowest BCUT2D eigenvalue weighted by atomic mass is 10.1. The topological polar surface area (TPSA) is 68.3 Å². The second kappa shape index (κ2) is 7.22. The summed E-state index contributed by atoms with van der Waals surface area (Å²) in [7, 11) is 0. The first-order chi connectivity index (χ1) is 10.0. The Bertz CT molecular complexity index is 542. The standard InChI is InChI=1S/C15H17ClN2O3/c1-10(21-14(19)8-11-4-2-3-5-11)15(20)18-13-7-6-12(16)9-17-13/h2,4,6-7,9-11H,3,5,8H2,1H3,(H,17,18,20)/t10-,11+/m0/s1. The Hall–Kier alpha value is -1.88. The van der Waals surface area contributed by atoms with Crippen molar-refractivity contribution in [2.24, 2.45) is 5.92 Å². The fourth-order valence-corrected chi connectivity index (χ4v) is 2.17. The van der Waals surface area contributed by atoms with Gasteiger partial charge in [-0.1, -0.05) is 23.8 Å². The van der Waals surface area contributed by atoms with Crippen molar-refractivity contribution < 1.29 is 14.3 Å². The van der Waals surface area contributed by atoms with Crippen LogP contribution in [0.4, 0.5) is 5.82 Å². The highest BCUT2D eigenvalue weighted by atomic mass is 35.5. The molecule has 112 valence electrons. The molecule has 1 heterocycles. The molecule has 0 unspecified atom stereocenters. The molecule has 1 aromatic rings. The van der Waals surface area contributed by atoms with Crippen molar-refractivity contribution in [1.82, 2.24) is 4.98 Å². The number of esters is 1. The number of amides is 1. The fraction of sp³-hybridized carbons (Fsp3) is 0.400. The summed E-state index contributed by atoms with van der Waals surface area (Å²) >= 11 is 5.71. The van der Waals surface area contributed by atoms with E-state index in [4.69, 9.17) is 16.3 Å². The minimum atomic E-state index is -0.861. The van der Waals surface area contributed by atoms with Crippen LogP contribution >= 0.6 is 11.6 Å². The number of aromatic nitrogens is 1. The summed E-state index contributed by atoms with van der Waals surface area (Å²) in [6.07, 6.45) is 6.92. The normalized spacial score (nSPS) is 18.3. The fourth-order valence-electron chi connectivity index (χ4n) is 2.06. The van der Waals surface area contributed by atoms with Crippen molar-refractivity contribution in [2.45, 2.75) is 32.3 Å². The quantitative estimate of drug-likeness (QED) is 0.671. The lowest BCUT2D eigenvalue weighted by Gasteiger charge is -2.14. The number of nitrogens with one attached hydrogen (secondary N) is 1. The number of rotatable bonds is 5. The van der Waals surface area contributed by atoms with Crippen LogP contribution in [0.15, 0.2) is 30.5 Å². The molecule has 0 fully saturated rings. The highest BCUT2D eigenvalue weighted by molar-refractivity contribution is 6.30. The molecule has 0 spiro atoms. The van der Waals surface area contributed by atoms with E-state index in [1.54, 1.807) is 12.1 Å². The van der Waals surface area contributed by atoms with Crippen LogP contribution in [0.1, 0.15) is 26.2 Å². The van der Waals surface area contributed by atoms with E-state index >= 15 is 0 Å². The van der Waals surface area contributed by atoms with Crippen LogP contribution in [-0.4, -0.2) is 23.0 Å². The van der Waals surface area contributed by atoms with E-state index in [9.17, 15) is 9.59 Å². The first-order valence-electron chi connectivity index (χ1n) is 6.83. The summed E-state index contributed by atoms with van der Waals surface area (Å²) in [5.74, 6) is -0.185. The van der Waals surface area contributed by atoms with E-state index in [0.717, 1.165) is 12.8 Å². The highest BCUT2D eigenvalue weighted by Gasteiger charge is 2.21. The van der Waals surface area contributed by atoms with Gasteiger partial charge in [-0.25, -0.2) is 4.98 Å². The maximum absolute atomic E-state index is 11.9. The zero-order valence-corrected chi connectivity index (χ0v) is 12.5. The van der Waals surface area contributed by atoms with E-state index in [1.807, 2.05) is 6.08 Å². The highest BCUT2D eigenvalue weighted by Crippen LogP contribution is 2.21. The summed E-state index contributed by atoms with van der Waals surface area (Å²) in [6.45, 7) is 1.54. The number of carbonyl (C=O) groups excluding carboxylic acids is 2. The van der Waals surface area contributed by atoms with Gasteiger partial charge in [0.05, 0.1) is 11.4 Å². The summed E-state index contributed by atoms with van der Waals surface area (Å²) in [6, 6.07) is 3.20. The van der Waals surface area contributed by atoms with E-state index in [2.05, 4.69) is 16.4 Å². The molecule has 0 saturated carbocycles. The molecule has 0 radical (unpaired) electrons.